The molecule has 1 saturated carbocycles. The Hall–Kier alpha value is -1.46. The van der Waals surface area contributed by atoms with Crippen LogP contribution in [0.3, 0.4) is 0 Å². The molecule has 0 unspecified atom stereocenters. The van der Waals surface area contributed by atoms with Gasteiger partial charge in [-0.1, -0.05) is 6.07 Å². The van der Waals surface area contributed by atoms with Crippen molar-refractivity contribution in [1.82, 2.24) is 15.2 Å². The van der Waals surface area contributed by atoms with Gasteiger partial charge >= 0.3 is 0 Å². The summed E-state index contributed by atoms with van der Waals surface area (Å²) >= 11 is 0. The summed E-state index contributed by atoms with van der Waals surface area (Å²) in [4.78, 5) is 18.7. The first-order valence-electron chi connectivity index (χ1n) is 8.81. The second-order valence-corrected chi connectivity index (χ2v) is 7.16. The number of hydrogen-bond acceptors (Lipinski definition) is 4. The standard InChI is InChI=1S/C18H25N3O2/c22-18(13-4-5-13)20-9-17-16-6-8-21(10-14(16)12-23-17)11-15-3-1-2-7-19-15/h1-3,7,13-14,16-17H,4-6,8-12H2,(H,20,22)/t14-,16-,17-/m0/s1. The molecule has 1 amide bonds. The first kappa shape index (κ1) is 15.1. The molecule has 1 N–H and O–H groups in total. The van der Waals surface area contributed by atoms with Crippen LogP contribution in [0.5, 0.6) is 0 Å². The Balaban J connectivity index is 1.27. The Morgan fingerprint density at radius 3 is 3.04 bits per heavy atom. The normalized spacial score (nSPS) is 30.9. The van der Waals surface area contributed by atoms with Gasteiger partial charge in [0, 0.05) is 37.7 Å². The van der Waals surface area contributed by atoms with E-state index >= 15 is 0 Å². The van der Waals surface area contributed by atoms with E-state index in [1.165, 1.54) is 0 Å². The number of amides is 1. The van der Waals surface area contributed by atoms with E-state index in [4.69, 9.17) is 4.74 Å². The van der Waals surface area contributed by atoms with E-state index in [2.05, 4.69) is 21.3 Å². The Kier molecular flexibility index (Phi) is 4.31. The Bertz CT molecular complexity index is 546. The Morgan fingerprint density at radius 2 is 2.26 bits per heavy atom. The fraction of sp³-hybridized carbons (Fsp3) is 0.667. The molecule has 2 aliphatic heterocycles. The lowest BCUT2D eigenvalue weighted by atomic mass is 9.84. The third-order valence-electron chi connectivity index (χ3n) is 5.42. The predicted octanol–water partition coefficient (Wildman–Crippen LogP) is 1.44. The molecule has 0 aromatic carbocycles. The number of nitrogens with one attached hydrogen (secondary N) is 1. The number of fused-ring (bicyclic) bond motifs is 1. The SMILES string of the molecule is O=C(NC[C@@H]1OC[C@@H]2CN(Cc3ccccn3)CC[C@@H]21)C1CC1. The van der Waals surface area contributed by atoms with E-state index in [9.17, 15) is 4.79 Å². The van der Waals surface area contributed by atoms with Gasteiger partial charge in [-0.05, 0) is 43.9 Å². The van der Waals surface area contributed by atoms with Gasteiger partial charge in [-0.3, -0.25) is 14.7 Å². The lowest BCUT2D eigenvalue weighted by Gasteiger charge is -2.35. The largest absolute Gasteiger partial charge is 0.376 e. The van der Waals surface area contributed by atoms with Gasteiger partial charge in [0.05, 0.1) is 18.4 Å². The molecule has 0 bridgehead atoms. The number of carbonyl (C=O) groups excluding carboxylic acids is 1. The summed E-state index contributed by atoms with van der Waals surface area (Å²) in [5.41, 5.74) is 1.14. The van der Waals surface area contributed by atoms with Crippen LogP contribution in [0.2, 0.25) is 0 Å². The van der Waals surface area contributed by atoms with Crippen molar-refractivity contribution in [3.05, 3.63) is 30.1 Å². The van der Waals surface area contributed by atoms with Crippen molar-refractivity contribution in [3.8, 4) is 0 Å². The molecule has 2 saturated heterocycles. The zero-order chi connectivity index (χ0) is 15.6. The molecule has 5 heteroatoms. The quantitative estimate of drug-likeness (QED) is 0.893. The molecule has 0 spiro atoms. The van der Waals surface area contributed by atoms with Gasteiger partial charge in [0.25, 0.3) is 0 Å². The van der Waals surface area contributed by atoms with Crippen LogP contribution in [0, 0.1) is 17.8 Å². The number of piperidine rings is 1. The number of rotatable bonds is 5. The summed E-state index contributed by atoms with van der Waals surface area (Å²) in [6, 6.07) is 6.10. The van der Waals surface area contributed by atoms with Crippen LogP contribution < -0.4 is 5.32 Å². The topological polar surface area (TPSA) is 54.5 Å². The number of aromatic nitrogens is 1. The molecule has 3 fully saturated rings. The molecule has 23 heavy (non-hydrogen) atoms. The van der Waals surface area contributed by atoms with Crippen molar-refractivity contribution in [2.75, 3.05) is 26.2 Å². The molecule has 5 nitrogen and oxygen atoms in total. The van der Waals surface area contributed by atoms with Crippen LogP contribution in [-0.4, -0.2) is 48.1 Å². The maximum atomic E-state index is 11.8. The van der Waals surface area contributed by atoms with E-state index in [1.54, 1.807) is 0 Å². The summed E-state index contributed by atoms with van der Waals surface area (Å²) in [5, 5.41) is 3.08. The highest BCUT2D eigenvalue weighted by Crippen LogP contribution is 2.35. The minimum atomic E-state index is 0.208. The molecule has 3 heterocycles. The minimum absolute atomic E-state index is 0.208. The van der Waals surface area contributed by atoms with Crippen molar-refractivity contribution in [2.24, 2.45) is 17.8 Å². The van der Waals surface area contributed by atoms with Gasteiger partial charge in [-0.15, -0.1) is 0 Å². The first-order chi connectivity index (χ1) is 11.3. The first-order valence-corrected chi connectivity index (χ1v) is 8.81. The highest BCUT2D eigenvalue weighted by atomic mass is 16.5. The van der Waals surface area contributed by atoms with Crippen LogP contribution in [0.15, 0.2) is 24.4 Å². The highest BCUT2D eigenvalue weighted by molar-refractivity contribution is 5.80. The fourth-order valence-electron chi connectivity index (χ4n) is 3.93. The molecule has 1 aromatic rings. The van der Waals surface area contributed by atoms with Crippen LogP contribution in [-0.2, 0) is 16.1 Å². The van der Waals surface area contributed by atoms with Gasteiger partial charge in [0.2, 0.25) is 5.91 Å². The van der Waals surface area contributed by atoms with Crippen LogP contribution >= 0.6 is 0 Å². The third kappa shape index (κ3) is 3.56. The highest BCUT2D eigenvalue weighted by Gasteiger charge is 2.41. The predicted molar refractivity (Wildman–Crippen MR) is 86.6 cm³/mol. The molecular weight excluding hydrogens is 290 g/mol. The second-order valence-electron chi connectivity index (χ2n) is 7.16. The molecule has 124 valence electrons. The molecule has 1 aromatic heterocycles. The molecule has 3 aliphatic rings. The molecular formula is C18H25N3O2. The minimum Gasteiger partial charge on any atom is -0.376 e. The van der Waals surface area contributed by atoms with Crippen LogP contribution in [0.1, 0.15) is 25.0 Å². The number of carbonyl (C=O) groups is 1. The van der Waals surface area contributed by atoms with Crippen molar-refractivity contribution in [1.29, 1.82) is 0 Å². The average molecular weight is 315 g/mol. The molecule has 0 radical (unpaired) electrons. The zero-order valence-corrected chi connectivity index (χ0v) is 13.5. The monoisotopic (exact) mass is 315 g/mol. The van der Waals surface area contributed by atoms with E-state index in [0.717, 1.165) is 51.2 Å². The summed E-state index contributed by atoms with van der Waals surface area (Å²) in [5.74, 6) is 1.70. The van der Waals surface area contributed by atoms with Gasteiger partial charge in [0.1, 0.15) is 0 Å². The smallest absolute Gasteiger partial charge is 0.223 e. The van der Waals surface area contributed by atoms with E-state index in [1.807, 2.05) is 18.3 Å². The number of nitrogens with zero attached hydrogens (tertiary/aromatic N) is 2. The summed E-state index contributed by atoms with van der Waals surface area (Å²) < 4.78 is 5.99. The molecule has 1 aliphatic carbocycles. The van der Waals surface area contributed by atoms with Crippen molar-refractivity contribution < 1.29 is 9.53 Å². The Labute approximate surface area is 137 Å². The fourth-order valence-corrected chi connectivity index (χ4v) is 3.93. The van der Waals surface area contributed by atoms with E-state index < -0.39 is 0 Å². The van der Waals surface area contributed by atoms with Crippen molar-refractivity contribution >= 4 is 5.91 Å². The summed E-state index contributed by atoms with van der Waals surface area (Å²) in [7, 11) is 0. The molecule has 3 atom stereocenters. The van der Waals surface area contributed by atoms with Crippen LogP contribution in [0.4, 0.5) is 0 Å². The number of hydrogen-bond donors (Lipinski definition) is 1. The maximum Gasteiger partial charge on any atom is 0.223 e. The van der Waals surface area contributed by atoms with Crippen molar-refractivity contribution in [3.63, 3.8) is 0 Å². The van der Waals surface area contributed by atoms with Gasteiger partial charge in [-0.2, -0.15) is 0 Å². The summed E-state index contributed by atoms with van der Waals surface area (Å²) in [6.45, 7) is 4.61. The van der Waals surface area contributed by atoms with Crippen LogP contribution in [0.25, 0.3) is 0 Å². The van der Waals surface area contributed by atoms with Gasteiger partial charge in [0.15, 0.2) is 0 Å². The van der Waals surface area contributed by atoms with E-state index in [0.29, 0.717) is 18.4 Å². The summed E-state index contributed by atoms with van der Waals surface area (Å²) in [6.07, 6.45) is 5.35. The van der Waals surface area contributed by atoms with Gasteiger partial charge < -0.3 is 10.1 Å². The number of likely N-dealkylation sites (tertiary alicyclic amines) is 1. The number of pyridine rings is 1. The number of ether oxygens (including phenoxy) is 1. The lowest BCUT2D eigenvalue weighted by Crippen LogP contribution is -2.43. The third-order valence-corrected chi connectivity index (χ3v) is 5.42. The Morgan fingerprint density at radius 1 is 1.35 bits per heavy atom. The average Bonchev–Trinajstić information content (AvgIpc) is 3.35. The maximum absolute atomic E-state index is 11.8. The molecule has 4 rings (SSSR count). The second kappa shape index (κ2) is 6.57. The van der Waals surface area contributed by atoms with Gasteiger partial charge in [-0.25, -0.2) is 0 Å². The van der Waals surface area contributed by atoms with Crippen molar-refractivity contribution in [2.45, 2.75) is 31.9 Å². The van der Waals surface area contributed by atoms with E-state index in [-0.39, 0.29) is 17.9 Å². The lowest BCUT2D eigenvalue weighted by molar-refractivity contribution is -0.122. The zero-order valence-electron chi connectivity index (χ0n) is 13.5.